The topological polar surface area (TPSA) is 48.6 Å². The molecule has 0 saturated carbocycles. The van der Waals surface area contributed by atoms with Gasteiger partial charge in [0.05, 0.1) is 18.2 Å². The van der Waals surface area contributed by atoms with E-state index in [1.807, 2.05) is 0 Å². The van der Waals surface area contributed by atoms with Crippen LogP contribution in [0.2, 0.25) is 0 Å². The molecule has 1 unspecified atom stereocenters. The van der Waals surface area contributed by atoms with Gasteiger partial charge >= 0.3 is 6.18 Å². The lowest BCUT2D eigenvalue weighted by Gasteiger charge is -2.31. The average Bonchev–Trinajstić information content (AvgIpc) is 3.21. The van der Waals surface area contributed by atoms with Gasteiger partial charge in [0, 0.05) is 31.9 Å². The summed E-state index contributed by atoms with van der Waals surface area (Å²) in [4.78, 5) is 2.18. The van der Waals surface area contributed by atoms with Gasteiger partial charge in [-0.15, -0.1) is 0 Å². The van der Waals surface area contributed by atoms with Crippen molar-refractivity contribution in [2.75, 3.05) is 26.2 Å². The minimum Gasteiger partial charge on any atom is -0.376 e. The average molecular weight is 429 g/mol. The fourth-order valence-corrected chi connectivity index (χ4v) is 3.63. The molecule has 5 nitrogen and oxygen atoms in total. The molecule has 1 aromatic carbocycles. The smallest absolute Gasteiger partial charge is 0.376 e. The third-order valence-corrected chi connectivity index (χ3v) is 5.31. The maximum Gasteiger partial charge on any atom is 0.416 e. The van der Waals surface area contributed by atoms with E-state index in [9.17, 15) is 13.2 Å². The molecule has 2 heterocycles. The molecule has 1 atom stereocenters. The van der Waals surface area contributed by atoms with Crippen LogP contribution in [0, 0.1) is 0 Å². The Morgan fingerprint density at radius 3 is 2.69 bits per heavy atom. The lowest BCUT2D eigenvalue weighted by molar-refractivity contribution is -0.137. The molecule has 1 saturated heterocycles. The van der Waals surface area contributed by atoms with E-state index in [2.05, 4.69) is 27.1 Å². The van der Waals surface area contributed by atoms with E-state index >= 15 is 0 Å². The molecule has 1 aromatic rings. The van der Waals surface area contributed by atoms with Gasteiger partial charge in [-0.05, 0) is 55.6 Å². The molecule has 29 heavy (non-hydrogen) atoms. The van der Waals surface area contributed by atoms with Crippen LogP contribution in [0.15, 0.2) is 36.0 Å². The molecule has 2 aliphatic heterocycles. The normalized spacial score (nSPS) is 19.8. The number of thiocarbonyl (C=S) groups is 1. The van der Waals surface area contributed by atoms with Gasteiger partial charge in [0.15, 0.2) is 5.11 Å². The van der Waals surface area contributed by atoms with E-state index in [1.54, 1.807) is 12.1 Å². The van der Waals surface area contributed by atoms with Crippen LogP contribution in [0.3, 0.4) is 0 Å². The standard InChI is InChI=1S/C20H27F3N4OS/c21-20(22,23)16-8-6-15(7-9-16)14-27-10-2-1-4-17(27)12-25-26-19(29)24-13-18-5-3-11-28-18/h4,6-9,18,25H,1-3,5,10-14H2,(H2,24,26,29). The van der Waals surface area contributed by atoms with E-state index in [-0.39, 0.29) is 6.10 Å². The number of allylic oxidation sites excluding steroid dienone is 1. The van der Waals surface area contributed by atoms with Crippen LogP contribution in [-0.2, 0) is 17.5 Å². The van der Waals surface area contributed by atoms with Crippen LogP contribution >= 0.6 is 12.2 Å². The molecule has 0 radical (unpaired) electrons. The Kier molecular flexibility index (Phi) is 7.74. The maximum atomic E-state index is 12.7. The first-order valence-corrected chi connectivity index (χ1v) is 10.3. The first-order valence-electron chi connectivity index (χ1n) is 9.90. The summed E-state index contributed by atoms with van der Waals surface area (Å²) < 4.78 is 43.7. The number of hydrazine groups is 1. The number of halogens is 3. The number of rotatable bonds is 7. The van der Waals surface area contributed by atoms with Crippen LogP contribution in [0.1, 0.15) is 36.8 Å². The highest BCUT2D eigenvalue weighted by Crippen LogP contribution is 2.29. The fourth-order valence-electron chi connectivity index (χ4n) is 3.48. The SMILES string of the molecule is FC(F)(F)c1ccc(CN2CCCC=C2CNNC(=S)NCC2CCCO2)cc1. The molecule has 3 N–H and O–H groups in total. The number of nitrogens with zero attached hydrogens (tertiary/aromatic N) is 1. The second kappa shape index (κ2) is 10.3. The van der Waals surface area contributed by atoms with Crippen LogP contribution in [0.5, 0.6) is 0 Å². The Labute approximate surface area is 174 Å². The summed E-state index contributed by atoms with van der Waals surface area (Å²) in [6.45, 7) is 3.52. The Morgan fingerprint density at radius 2 is 2.00 bits per heavy atom. The van der Waals surface area contributed by atoms with Gasteiger partial charge in [0.1, 0.15) is 0 Å². The number of hydrogen-bond acceptors (Lipinski definition) is 4. The van der Waals surface area contributed by atoms with Crippen molar-refractivity contribution in [2.45, 2.75) is 44.5 Å². The minimum absolute atomic E-state index is 0.218. The highest BCUT2D eigenvalue weighted by atomic mass is 32.1. The first-order chi connectivity index (χ1) is 13.9. The lowest BCUT2D eigenvalue weighted by atomic mass is 10.1. The van der Waals surface area contributed by atoms with Crippen LogP contribution in [0.4, 0.5) is 13.2 Å². The first kappa shape index (κ1) is 21.9. The number of ether oxygens (including phenoxy) is 1. The molecular weight excluding hydrogens is 401 g/mol. The quantitative estimate of drug-likeness (QED) is 0.458. The highest BCUT2D eigenvalue weighted by molar-refractivity contribution is 7.80. The number of hydrogen-bond donors (Lipinski definition) is 3. The molecule has 1 fully saturated rings. The number of nitrogens with one attached hydrogen (secondary N) is 3. The zero-order chi connectivity index (χ0) is 20.7. The van der Waals surface area contributed by atoms with E-state index in [0.29, 0.717) is 24.7 Å². The van der Waals surface area contributed by atoms with Crippen LogP contribution in [-0.4, -0.2) is 42.4 Å². The molecule has 0 aliphatic carbocycles. The summed E-state index contributed by atoms with van der Waals surface area (Å²) in [6, 6.07) is 5.37. The number of alkyl halides is 3. The Morgan fingerprint density at radius 1 is 1.21 bits per heavy atom. The third kappa shape index (κ3) is 6.87. The lowest BCUT2D eigenvalue weighted by Crippen LogP contribution is -2.47. The van der Waals surface area contributed by atoms with Crippen molar-refractivity contribution in [3.8, 4) is 0 Å². The molecule has 0 bridgehead atoms. The van der Waals surface area contributed by atoms with Gasteiger partial charge in [-0.2, -0.15) is 13.2 Å². The Balaban J connectivity index is 1.44. The molecule has 0 spiro atoms. The second-order valence-corrected chi connectivity index (χ2v) is 7.69. The van der Waals surface area contributed by atoms with Crippen molar-refractivity contribution >= 4 is 17.3 Å². The molecule has 9 heteroatoms. The van der Waals surface area contributed by atoms with Crippen molar-refractivity contribution in [1.82, 2.24) is 21.1 Å². The highest BCUT2D eigenvalue weighted by Gasteiger charge is 2.30. The molecule has 0 aromatic heterocycles. The zero-order valence-electron chi connectivity index (χ0n) is 16.2. The molecule has 3 rings (SSSR count). The van der Waals surface area contributed by atoms with Crippen molar-refractivity contribution in [1.29, 1.82) is 0 Å². The predicted molar refractivity (Wildman–Crippen MR) is 110 cm³/mol. The van der Waals surface area contributed by atoms with Crippen molar-refractivity contribution in [3.05, 3.63) is 47.2 Å². The minimum atomic E-state index is -4.30. The predicted octanol–water partition coefficient (Wildman–Crippen LogP) is 3.33. The second-order valence-electron chi connectivity index (χ2n) is 7.28. The van der Waals surface area contributed by atoms with E-state index < -0.39 is 11.7 Å². The van der Waals surface area contributed by atoms with Gasteiger partial charge in [-0.1, -0.05) is 18.2 Å². The zero-order valence-corrected chi connectivity index (χ0v) is 17.0. The molecule has 160 valence electrons. The summed E-state index contributed by atoms with van der Waals surface area (Å²) in [5, 5.41) is 3.66. The summed E-state index contributed by atoms with van der Waals surface area (Å²) in [6.07, 6.45) is 2.23. The van der Waals surface area contributed by atoms with Crippen molar-refractivity contribution in [3.63, 3.8) is 0 Å². The monoisotopic (exact) mass is 428 g/mol. The van der Waals surface area contributed by atoms with Gasteiger partial charge in [-0.3, -0.25) is 5.43 Å². The van der Waals surface area contributed by atoms with E-state index in [0.717, 1.165) is 62.2 Å². The van der Waals surface area contributed by atoms with Crippen LogP contribution in [0.25, 0.3) is 0 Å². The maximum absolute atomic E-state index is 12.7. The molecular formula is C20H27F3N4OS. The third-order valence-electron chi connectivity index (χ3n) is 5.06. The van der Waals surface area contributed by atoms with Gasteiger partial charge < -0.3 is 15.0 Å². The van der Waals surface area contributed by atoms with Crippen LogP contribution < -0.4 is 16.2 Å². The van der Waals surface area contributed by atoms with Crippen molar-refractivity contribution in [2.24, 2.45) is 0 Å². The van der Waals surface area contributed by atoms with Gasteiger partial charge in [0.2, 0.25) is 0 Å². The largest absolute Gasteiger partial charge is 0.416 e. The molecule has 2 aliphatic rings. The Hall–Kier alpha value is -1.84. The summed E-state index contributed by atoms with van der Waals surface area (Å²) in [5.41, 5.74) is 7.44. The van der Waals surface area contributed by atoms with E-state index in [1.165, 1.54) is 0 Å². The summed E-state index contributed by atoms with van der Waals surface area (Å²) in [7, 11) is 0. The number of benzene rings is 1. The Bertz CT molecular complexity index is 703. The summed E-state index contributed by atoms with van der Waals surface area (Å²) >= 11 is 5.27. The van der Waals surface area contributed by atoms with Crippen molar-refractivity contribution < 1.29 is 17.9 Å². The van der Waals surface area contributed by atoms with E-state index in [4.69, 9.17) is 17.0 Å². The van der Waals surface area contributed by atoms with Gasteiger partial charge in [0.25, 0.3) is 0 Å². The fraction of sp³-hybridized carbons (Fsp3) is 0.550. The summed E-state index contributed by atoms with van der Waals surface area (Å²) in [5.74, 6) is 0. The van der Waals surface area contributed by atoms with Gasteiger partial charge in [-0.25, -0.2) is 5.43 Å². The molecule has 0 amide bonds.